The van der Waals surface area contributed by atoms with Crippen molar-refractivity contribution in [3.8, 4) is 0 Å². The molecule has 0 bridgehead atoms. The smallest absolute Gasteiger partial charge is 0.134 e. The lowest BCUT2D eigenvalue weighted by molar-refractivity contribution is 0.646. The third kappa shape index (κ3) is 4.83. The Bertz CT molecular complexity index is 921. The van der Waals surface area contributed by atoms with Crippen LogP contribution in [-0.4, -0.2) is 54.7 Å². The first-order valence-electron chi connectivity index (χ1n) is 10.2. The van der Waals surface area contributed by atoms with E-state index in [9.17, 15) is 0 Å². The van der Waals surface area contributed by atoms with Crippen LogP contribution >= 0.6 is 0 Å². The minimum Gasteiger partial charge on any atom is -0.368 e. The van der Waals surface area contributed by atoms with E-state index in [-0.39, 0.29) is 0 Å². The number of anilines is 3. The van der Waals surface area contributed by atoms with E-state index in [1.165, 1.54) is 16.8 Å². The third-order valence-corrected chi connectivity index (χ3v) is 5.49. The monoisotopic (exact) mass is 388 g/mol. The number of pyridine rings is 1. The van der Waals surface area contributed by atoms with Crippen LogP contribution in [0.25, 0.3) is 0 Å². The van der Waals surface area contributed by atoms with Crippen molar-refractivity contribution in [3.63, 3.8) is 0 Å². The maximum atomic E-state index is 4.54. The summed E-state index contributed by atoms with van der Waals surface area (Å²) < 4.78 is 0. The van der Waals surface area contributed by atoms with Crippen molar-refractivity contribution in [2.75, 3.05) is 54.5 Å². The molecule has 0 aliphatic carbocycles. The molecule has 1 aliphatic rings. The molecule has 6 nitrogen and oxygen atoms in total. The Balaban J connectivity index is 1.36. The summed E-state index contributed by atoms with van der Waals surface area (Å²) in [6.07, 6.45) is 6.33. The predicted octanol–water partition coefficient (Wildman–Crippen LogP) is 3.19. The van der Waals surface area contributed by atoms with Gasteiger partial charge in [-0.25, -0.2) is 9.97 Å². The first-order chi connectivity index (χ1) is 14.2. The number of hydrogen-bond acceptors (Lipinski definition) is 6. The van der Waals surface area contributed by atoms with Crippen molar-refractivity contribution >= 4 is 17.3 Å². The summed E-state index contributed by atoms with van der Waals surface area (Å²) in [6, 6.07) is 15.0. The fraction of sp³-hybridized carbons (Fsp3) is 0.348. The van der Waals surface area contributed by atoms with Crippen molar-refractivity contribution in [1.82, 2.24) is 15.0 Å². The number of aromatic nitrogens is 3. The standard InChI is InChI=1S/C23H28N6/c1-19-4-3-5-21(16-19)28-12-14-29(15-13-28)23-17-22(25-18-26-23)27(2)11-8-20-6-9-24-10-7-20/h3-7,9-10,16-18H,8,11-15H2,1-2H3. The SMILES string of the molecule is Cc1cccc(N2CCN(c3cc(N(C)CCc4ccncc4)ncn3)CC2)c1. The van der Waals surface area contributed by atoms with Crippen molar-refractivity contribution in [2.45, 2.75) is 13.3 Å². The molecule has 0 spiro atoms. The number of hydrogen-bond donors (Lipinski definition) is 0. The number of likely N-dealkylation sites (N-methyl/N-ethyl adjacent to an activating group) is 1. The van der Waals surface area contributed by atoms with Gasteiger partial charge in [-0.1, -0.05) is 12.1 Å². The van der Waals surface area contributed by atoms with E-state index >= 15 is 0 Å². The summed E-state index contributed by atoms with van der Waals surface area (Å²) in [5, 5.41) is 0. The molecule has 1 aromatic carbocycles. The van der Waals surface area contributed by atoms with Gasteiger partial charge in [0.1, 0.15) is 18.0 Å². The largest absolute Gasteiger partial charge is 0.368 e. The van der Waals surface area contributed by atoms with Crippen LogP contribution in [-0.2, 0) is 6.42 Å². The van der Waals surface area contributed by atoms with E-state index in [0.717, 1.165) is 50.8 Å². The maximum Gasteiger partial charge on any atom is 0.134 e. The summed E-state index contributed by atoms with van der Waals surface area (Å²) in [7, 11) is 2.09. The van der Waals surface area contributed by atoms with Gasteiger partial charge in [-0.3, -0.25) is 4.98 Å². The van der Waals surface area contributed by atoms with Crippen molar-refractivity contribution in [3.05, 3.63) is 72.3 Å². The van der Waals surface area contributed by atoms with Gasteiger partial charge in [0.05, 0.1) is 0 Å². The molecule has 29 heavy (non-hydrogen) atoms. The average Bonchev–Trinajstić information content (AvgIpc) is 2.78. The van der Waals surface area contributed by atoms with Crippen molar-refractivity contribution < 1.29 is 0 Å². The fourth-order valence-corrected chi connectivity index (χ4v) is 3.70. The van der Waals surface area contributed by atoms with Crippen LogP contribution in [0.15, 0.2) is 61.2 Å². The molecule has 1 saturated heterocycles. The summed E-state index contributed by atoms with van der Waals surface area (Å²) >= 11 is 0. The number of piperazine rings is 1. The van der Waals surface area contributed by atoms with Gasteiger partial charge in [-0.05, 0) is 48.7 Å². The van der Waals surface area contributed by atoms with Gasteiger partial charge < -0.3 is 14.7 Å². The predicted molar refractivity (Wildman–Crippen MR) is 119 cm³/mol. The zero-order chi connectivity index (χ0) is 20.1. The quantitative estimate of drug-likeness (QED) is 0.646. The van der Waals surface area contributed by atoms with E-state index in [0.29, 0.717) is 0 Å². The molecule has 1 fully saturated rings. The Morgan fingerprint density at radius 2 is 1.69 bits per heavy atom. The molecule has 0 amide bonds. The van der Waals surface area contributed by atoms with E-state index in [1.807, 2.05) is 12.4 Å². The molecule has 6 heteroatoms. The Morgan fingerprint density at radius 1 is 0.931 bits per heavy atom. The maximum absolute atomic E-state index is 4.54. The highest BCUT2D eigenvalue weighted by Crippen LogP contribution is 2.22. The van der Waals surface area contributed by atoms with Gasteiger partial charge in [-0.15, -0.1) is 0 Å². The van der Waals surface area contributed by atoms with Crippen molar-refractivity contribution in [1.29, 1.82) is 0 Å². The molecule has 2 aromatic heterocycles. The summed E-state index contributed by atoms with van der Waals surface area (Å²) in [6.45, 7) is 6.98. The molecule has 0 radical (unpaired) electrons. The Labute approximate surface area is 172 Å². The molecule has 0 unspecified atom stereocenters. The van der Waals surface area contributed by atoms with Gasteiger partial charge >= 0.3 is 0 Å². The van der Waals surface area contributed by atoms with Crippen LogP contribution in [0.2, 0.25) is 0 Å². The van der Waals surface area contributed by atoms with Gasteiger partial charge in [-0.2, -0.15) is 0 Å². The van der Waals surface area contributed by atoms with Crippen LogP contribution in [0.5, 0.6) is 0 Å². The van der Waals surface area contributed by atoms with Crippen LogP contribution in [0.1, 0.15) is 11.1 Å². The lowest BCUT2D eigenvalue weighted by atomic mass is 10.2. The highest BCUT2D eigenvalue weighted by atomic mass is 15.3. The lowest BCUT2D eigenvalue weighted by Gasteiger charge is -2.37. The first kappa shape index (κ1) is 19.2. The molecule has 3 heterocycles. The third-order valence-electron chi connectivity index (χ3n) is 5.49. The number of aryl methyl sites for hydroxylation is 1. The molecule has 150 valence electrons. The minimum absolute atomic E-state index is 0.904. The van der Waals surface area contributed by atoms with Gasteiger partial charge in [0.15, 0.2) is 0 Å². The van der Waals surface area contributed by atoms with Gasteiger partial charge in [0, 0.05) is 63.9 Å². The Kier molecular flexibility index (Phi) is 5.89. The molecule has 0 N–H and O–H groups in total. The van der Waals surface area contributed by atoms with Crippen LogP contribution in [0, 0.1) is 6.92 Å². The second-order valence-corrected chi connectivity index (χ2v) is 7.57. The summed E-state index contributed by atoms with van der Waals surface area (Å²) in [5.41, 5.74) is 3.90. The summed E-state index contributed by atoms with van der Waals surface area (Å²) in [4.78, 5) is 20.1. The van der Waals surface area contributed by atoms with Crippen LogP contribution in [0.3, 0.4) is 0 Å². The molecule has 4 rings (SSSR count). The molecule has 3 aromatic rings. The zero-order valence-corrected chi connectivity index (χ0v) is 17.2. The van der Waals surface area contributed by atoms with E-state index in [1.54, 1.807) is 6.33 Å². The highest BCUT2D eigenvalue weighted by Gasteiger charge is 2.19. The van der Waals surface area contributed by atoms with E-state index < -0.39 is 0 Å². The molecule has 0 saturated carbocycles. The van der Waals surface area contributed by atoms with Crippen molar-refractivity contribution in [2.24, 2.45) is 0 Å². The highest BCUT2D eigenvalue weighted by molar-refractivity contribution is 5.53. The van der Waals surface area contributed by atoms with E-state index in [2.05, 4.69) is 86.1 Å². The molecular weight excluding hydrogens is 360 g/mol. The second-order valence-electron chi connectivity index (χ2n) is 7.57. The van der Waals surface area contributed by atoms with Gasteiger partial charge in [0.2, 0.25) is 0 Å². The molecule has 0 atom stereocenters. The molecular formula is C23H28N6. The second kappa shape index (κ2) is 8.90. The summed E-state index contributed by atoms with van der Waals surface area (Å²) in [5.74, 6) is 1.97. The lowest BCUT2D eigenvalue weighted by Crippen LogP contribution is -2.46. The zero-order valence-electron chi connectivity index (χ0n) is 17.2. The van der Waals surface area contributed by atoms with Gasteiger partial charge in [0.25, 0.3) is 0 Å². The number of rotatable bonds is 6. The fourth-order valence-electron chi connectivity index (χ4n) is 3.70. The Morgan fingerprint density at radius 3 is 2.45 bits per heavy atom. The van der Waals surface area contributed by atoms with E-state index in [4.69, 9.17) is 0 Å². The normalized spacial score (nSPS) is 14.1. The number of nitrogens with zero attached hydrogens (tertiary/aromatic N) is 6. The number of benzene rings is 1. The Hall–Kier alpha value is -3.15. The minimum atomic E-state index is 0.904. The topological polar surface area (TPSA) is 48.4 Å². The van der Waals surface area contributed by atoms with Crippen LogP contribution < -0.4 is 14.7 Å². The van der Waals surface area contributed by atoms with Crippen LogP contribution in [0.4, 0.5) is 17.3 Å². The molecule has 1 aliphatic heterocycles. The first-order valence-corrected chi connectivity index (χ1v) is 10.2. The average molecular weight is 389 g/mol.